The smallest absolute Gasteiger partial charge is 0.242 e. The minimum absolute atomic E-state index is 0.136. The lowest BCUT2D eigenvalue weighted by Crippen LogP contribution is -2.28. The minimum Gasteiger partial charge on any atom is -0.382 e. The van der Waals surface area contributed by atoms with Gasteiger partial charge in [0.2, 0.25) is 5.91 Å². The normalized spacial score (nSPS) is 13.3. The second-order valence-electron chi connectivity index (χ2n) is 5.80. The Morgan fingerprint density at radius 3 is 2.69 bits per heavy atom. The highest BCUT2D eigenvalue weighted by Gasteiger charge is 2.23. The molecule has 0 bridgehead atoms. The van der Waals surface area contributed by atoms with Crippen LogP contribution < -0.4 is 5.73 Å². The second kappa shape index (κ2) is 7.63. The highest BCUT2D eigenvalue weighted by Crippen LogP contribution is 2.28. The first-order chi connectivity index (χ1) is 12.5. The number of carbonyl (C=O) groups is 1. The van der Waals surface area contributed by atoms with Crippen LogP contribution in [0.25, 0.3) is 0 Å². The van der Waals surface area contributed by atoms with Gasteiger partial charge >= 0.3 is 0 Å². The number of aliphatic hydroxyl groups is 1. The maximum absolute atomic E-state index is 13.4. The summed E-state index contributed by atoms with van der Waals surface area (Å²) >= 11 is 6.01. The quantitative estimate of drug-likeness (QED) is 0.692. The van der Waals surface area contributed by atoms with Crippen LogP contribution in [0.1, 0.15) is 29.0 Å². The van der Waals surface area contributed by atoms with Crippen LogP contribution in [0.15, 0.2) is 54.7 Å². The van der Waals surface area contributed by atoms with E-state index in [9.17, 15) is 14.3 Å². The highest BCUT2D eigenvalue weighted by molar-refractivity contribution is 6.31. The van der Waals surface area contributed by atoms with Gasteiger partial charge in [-0.15, -0.1) is 5.10 Å². The van der Waals surface area contributed by atoms with Crippen LogP contribution in [-0.4, -0.2) is 26.0 Å². The van der Waals surface area contributed by atoms with Crippen LogP contribution in [-0.2, 0) is 11.2 Å². The summed E-state index contributed by atoms with van der Waals surface area (Å²) < 4.78 is 14.7. The zero-order valence-electron chi connectivity index (χ0n) is 13.6. The van der Waals surface area contributed by atoms with Crippen LogP contribution in [0, 0.1) is 5.82 Å². The molecule has 1 amide bonds. The molecule has 8 heteroatoms. The van der Waals surface area contributed by atoms with E-state index in [0.717, 1.165) is 11.6 Å². The van der Waals surface area contributed by atoms with E-state index in [1.54, 1.807) is 0 Å². The predicted molar refractivity (Wildman–Crippen MR) is 93.9 cm³/mol. The van der Waals surface area contributed by atoms with Crippen molar-refractivity contribution < 1.29 is 14.3 Å². The molecule has 3 aromatic rings. The summed E-state index contributed by atoms with van der Waals surface area (Å²) in [5, 5.41) is 18.4. The van der Waals surface area contributed by atoms with Gasteiger partial charge in [0, 0.05) is 17.0 Å². The first-order valence-electron chi connectivity index (χ1n) is 7.83. The van der Waals surface area contributed by atoms with Crippen LogP contribution in [0.2, 0.25) is 5.02 Å². The van der Waals surface area contributed by atoms with E-state index in [2.05, 4.69) is 10.3 Å². The van der Waals surface area contributed by atoms with Crippen LogP contribution in [0.3, 0.4) is 0 Å². The fourth-order valence-corrected chi connectivity index (χ4v) is 2.83. The molecule has 0 spiro atoms. The summed E-state index contributed by atoms with van der Waals surface area (Å²) in [5.74, 6) is -1.11. The standard InChI is InChI=1S/C18H16ClFN4O2/c19-14-7-6-12(20)9-13(14)17(25)15-10-24(23-22-15)16(18(21)26)8-11-4-2-1-3-5-11/h1-7,9-10,16-17,25H,8H2,(H2,21,26). The largest absolute Gasteiger partial charge is 0.382 e. The van der Waals surface area contributed by atoms with Gasteiger partial charge in [0.15, 0.2) is 0 Å². The molecule has 0 saturated carbocycles. The Morgan fingerprint density at radius 1 is 1.27 bits per heavy atom. The zero-order valence-corrected chi connectivity index (χ0v) is 14.3. The second-order valence-corrected chi connectivity index (χ2v) is 6.21. The van der Waals surface area contributed by atoms with Gasteiger partial charge in [0.25, 0.3) is 0 Å². The van der Waals surface area contributed by atoms with Gasteiger partial charge in [-0.2, -0.15) is 0 Å². The van der Waals surface area contributed by atoms with E-state index in [4.69, 9.17) is 17.3 Å². The van der Waals surface area contributed by atoms with Crippen molar-refractivity contribution in [2.45, 2.75) is 18.6 Å². The molecule has 0 aliphatic carbocycles. The monoisotopic (exact) mass is 374 g/mol. The fourth-order valence-electron chi connectivity index (χ4n) is 2.61. The van der Waals surface area contributed by atoms with Crippen molar-refractivity contribution in [3.63, 3.8) is 0 Å². The molecule has 1 heterocycles. The average molecular weight is 375 g/mol. The third-order valence-corrected chi connectivity index (χ3v) is 4.32. The van der Waals surface area contributed by atoms with Crippen LogP contribution >= 0.6 is 11.6 Å². The SMILES string of the molecule is NC(=O)C(Cc1ccccc1)n1cc(C(O)c2cc(F)ccc2Cl)nn1. The number of rotatable bonds is 6. The molecule has 2 atom stereocenters. The van der Waals surface area contributed by atoms with Gasteiger partial charge in [-0.25, -0.2) is 9.07 Å². The molecular formula is C18H16ClFN4O2. The van der Waals surface area contributed by atoms with Crippen molar-refractivity contribution in [1.82, 2.24) is 15.0 Å². The molecular weight excluding hydrogens is 359 g/mol. The van der Waals surface area contributed by atoms with Gasteiger partial charge in [-0.05, 0) is 23.8 Å². The molecule has 3 N–H and O–H groups in total. The lowest BCUT2D eigenvalue weighted by atomic mass is 10.1. The molecule has 1 aromatic heterocycles. The summed E-state index contributed by atoms with van der Waals surface area (Å²) in [6, 6.07) is 12.2. The number of amides is 1. The third kappa shape index (κ3) is 3.89. The Hall–Kier alpha value is -2.77. The van der Waals surface area contributed by atoms with Crippen LogP contribution in [0.4, 0.5) is 4.39 Å². The number of hydrogen-bond donors (Lipinski definition) is 2. The Labute approximate surface area is 154 Å². The number of hydrogen-bond acceptors (Lipinski definition) is 4. The number of primary amides is 1. The van der Waals surface area contributed by atoms with Gasteiger partial charge < -0.3 is 10.8 Å². The molecule has 2 unspecified atom stereocenters. The third-order valence-electron chi connectivity index (χ3n) is 3.98. The summed E-state index contributed by atoms with van der Waals surface area (Å²) in [5.41, 5.74) is 6.70. The number of aromatic nitrogens is 3. The topological polar surface area (TPSA) is 94.0 Å². The van der Waals surface area contributed by atoms with E-state index in [1.807, 2.05) is 30.3 Å². The van der Waals surface area contributed by atoms with E-state index in [-0.39, 0.29) is 16.3 Å². The minimum atomic E-state index is -1.28. The number of halogens is 2. The summed E-state index contributed by atoms with van der Waals surface area (Å²) in [7, 11) is 0. The summed E-state index contributed by atoms with van der Waals surface area (Å²) in [6.07, 6.45) is 0.456. The maximum Gasteiger partial charge on any atom is 0.242 e. The number of aliphatic hydroxyl groups excluding tert-OH is 1. The Bertz CT molecular complexity index is 917. The van der Waals surface area contributed by atoms with E-state index in [0.29, 0.717) is 6.42 Å². The molecule has 0 aliphatic rings. The van der Waals surface area contributed by atoms with Crippen molar-refractivity contribution in [2.75, 3.05) is 0 Å². The van der Waals surface area contributed by atoms with E-state index in [1.165, 1.54) is 23.0 Å². The molecule has 0 aliphatic heterocycles. The summed E-state index contributed by atoms with van der Waals surface area (Å²) in [4.78, 5) is 11.9. The number of nitrogens with zero attached hydrogens (tertiary/aromatic N) is 3. The van der Waals surface area contributed by atoms with Crippen molar-refractivity contribution in [3.05, 3.63) is 82.4 Å². The Balaban J connectivity index is 1.87. The van der Waals surface area contributed by atoms with E-state index < -0.39 is 23.9 Å². The lowest BCUT2D eigenvalue weighted by molar-refractivity contribution is -0.121. The lowest BCUT2D eigenvalue weighted by Gasteiger charge is -2.13. The zero-order chi connectivity index (χ0) is 18.7. The first-order valence-corrected chi connectivity index (χ1v) is 8.21. The van der Waals surface area contributed by atoms with Gasteiger partial charge in [0.05, 0.1) is 6.20 Å². The summed E-state index contributed by atoms with van der Waals surface area (Å²) in [6.45, 7) is 0. The van der Waals surface area contributed by atoms with Crippen molar-refractivity contribution >= 4 is 17.5 Å². The van der Waals surface area contributed by atoms with Crippen molar-refractivity contribution in [2.24, 2.45) is 5.73 Å². The molecule has 0 saturated heterocycles. The molecule has 2 aromatic carbocycles. The molecule has 26 heavy (non-hydrogen) atoms. The molecule has 6 nitrogen and oxygen atoms in total. The first kappa shape index (κ1) is 18.0. The van der Waals surface area contributed by atoms with Crippen LogP contribution in [0.5, 0.6) is 0 Å². The highest BCUT2D eigenvalue weighted by atomic mass is 35.5. The molecule has 134 valence electrons. The van der Waals surface area contributed by atoms with Crippen molar-refractivity contribution in [1.29, 1.82) is 0 Å². The Morgan fingerprint density at radius 2 is 2.00 bits per heavy atom. The van der Waals surface area contributed by atoms with E-state index >= 15 is 0 Å². The average Bonchev–Trinajstić information content (AvgIpc) is 3.11. The Kier molecular flexibility index (Phi) is 5.29. The predicted octanol–water partition coefficient (Wildman–Crippen LogP) is 2.42. The number of carbonyl (C=O) groups excluding carboxylic acids is 1. The number of nitrogens with two attached hydrogens (primary N) is 1. The molecule has 3 rings (SSSR count). The maximum atomic E-state index is 13.4. The molecule has 0 fully saturated rings. The fraction of sp³-hybridized carbons (Fsp3) is 0.167. The van der Waals surface area contributed by atoms with Gasteiger partial charge in [-0.1, -0.05) is 47.1 Å². The van der Waals surface area contributed by atoms with Crippen molar-refractivity contribution in [3.8, 4) is 0 Å². The molecule has 0 radical (unpaired) electrons. The van der Waals surface area contributed by atoms with Gasteiger partial charge in [-0.3, -0.25) is 4.79 Å². The number of benzene rings is 2. The van der Waals surface area contributed by atoms with Gasteiger partial charge in [0.1, 0.15) is 23.7 Å².